The number of aliphatic hydroxyl groups is 1. The van der Waals surface area contributed by atoms with Crippen molar-refractivity contribution in [3.8, 4) is 11.3 Å². The number of aromatic nitrogens is 1. The van der Waals surface area contributed by atoms with Gasteiger partial charge in [0.15, 0.2) is 0 Å². The molecule has 0 radical (unpaired) electrons. The van der Waals surface area contributed by atoms with Crippen molar-refractivity contribution in [2.24, 2.45) is 0 Å². The van der Waals surface area contributed by atoms with Crippen molar-refractivity contribution in [3.63, 3.8) is 0 Å². The third kappa shape index (κ3) is 7.41. The van der Waals surface area contributed by atoms with Crippen molar-refractivity contribution >= 4 is 37.8 Å². The lowest BCUT2D eigenvalue weighted by molar-refractivity contribution is 0.175. The Bertz CT molecular complexity index is 1940. The minimum atomic E-state index is -3.73. The molecule has 6 aromatic rings. The molecule has 0 fully saturated rings. The monoisotopic (exact) mass is 619 g/mol. The van der Waals surface area contributed by atoms with E-state index in [0.29, 0.717) is 25.2 Å². The van der Waals surface area contributed by atoms with Crippen LogP contribution in [0.1, 0.15) is 27.8 Å². The lowest BCUT2D eigenvalue weighted by Crippen LogP contribution is -2.23. The molecule has 1 heterocycles. The van der Waals surface area contributed by atoms with Crippen LogP contribution in [-0.4, -0.2) is 31.6 Å². The number of sulfonamides is 1. The molecule has 1 atom stereocenters. The Hall–Kier alpha value is -4.34. The molecule has 0 saturated heterocycles. The predicted octanol–water partition coefficient (Wildman–Crippen LogP) is 7.22. The highest BCUT2D eigenvalue weighted by atomic mass is 32.2. The molecule has 0 aliphatic rings. The number of thiazole rings is 1. The van der Waals surface area contributed by atoms with Crippen LogP contribution in [0.2, 0.25) is 0 Å². The van der Waals surface area contributed by atoms with Gasteiger partial charge in [0, 0.05) is 29.6 Å². The number of fused-ring (bicyclic) bond motifs is 1. The summed E-state index contributed by atoms with van der Waals surface area (Å²) in [4.78, 5) is 5.04. The van der Waals surface area contributed by atoms with E-state index in [4.69, 9.17) is 4.98 Å². The maximum absolute atomic E-state index is 13.0. The molecular weight excluding hydrogens is 587 g/mol. The number of nitrogens with zero attached hydrogens (tertiary/aromatic N) is 1. The van der Waals surface area contributed by atoms with E-state index in [-0.39, 0.29) is 4.90 Å². The second-order valence-electron chi connectivity index (χ2n) is 10.7. The average Bonchev–Trinajstić information content (AvgIpc) is 3.52. The van der Waals surface area contributed by atoms with Crippen LogP contribution in [0.4, 0.5) is 5.69 Å². The van der Waals surface area contributed by atoms with E-state index in [0.717, 1.165) is 39.4 Å². The van der Waals surface area contributed by atoms with E-state index in [1.165, 1.54) is 10.8 Å². The van der Waals surface area contributed by atoms with Crippen molar-refractivity contribution < 1.29 is 13.5 Å². The summed E-state index contributed by atoms with van der Waals surface area (Å²) in [6.07, 6.45) is 0.843. The number of hydrogen-bond acceptors (Lipinski definition) is 6. The summed E-state index contributed by atoms with van der Waals surface area (Å²) in [6.45, 7) is 1.17. The van der Waals surface area contributed by atoms with E-state index in [2.05, 4.69) is 45.8 Å². The van der Waals surface area contributed by atoms with Crippen molar-refractivity contribution in [3.05, 3.63) is 148 Å². The fourth-order valence-electron chi connectivity index (χ4n) is 5.05. The topological polar surface area (TPSA) is 91.3 Å². The Kier molecular flexibility index (Phi) is 9.14. The van der Waals surface area contributed by atoms with Crippen molar-refractivity contribution in [1.29, 1.82) is 0 Å². The van der Waals surface area contributed by atoms with E-state index < -0.39 is 16.1 Å². The summed E-state index contributed by atoms with van der Waals surface area (Å²) in [6, 6.07) is 38.6. The molecule has 6 rings (SSSR count). The first-order valence-corrected chi connectivity index (χ1v) is 16.9. The third-order valence-electron chi connectivity index (χ3n) is 7.50. The minimum Gasteiger partial charge on any atom is -0.387 e. The van der Waals surface area contributed by atoms with Gasteiger partial charge in [-0.3, -0.25) is 4.72 Å². The van der Waals surface area contributed by atoms with E-state index >= 15 is 0 Å². The maximum Gasteiger partial charge on any atom is 0.261 e. The third-order valence-corrected chi connectivity index (χ3v) is 9.75. The van der Waals surface area contributed by atoms with Crippen LogP contribution in [0.15, 0.2) is 132 Å². The van der Waals surface area contributed by atoms with E-state index in [9.17, 15) is 13.5 Å². The Morgan fingerprint density at radius 2 is 1.48 bits per heavy atom. The molecule has 0 unspecified atom stereocenters. The van der Waals surface area contributed by atoms with Crippen molar-refractivity contribution in [2.45, 2.75) is 23.8 Å². The van der Waals surface area contributed by atoms with E-state index in [1.807, 2.05) is 66.7 Å². The number of rotatable bonds is 12. The number of anilines is 1. The van der Waals surface area contributed by atoms with Crippen LogP contribution in [0.5, 0.6) is 0 Å². The zero-order valence-electron chi connectivity index (χ0n) is 24.1. The van der Waals surface area contributed by atoms with Gasteiger partial charge in [0.05, 0.1) is 21.7 Å². The summed E-state index contributed by atoms with van der Waals surface area (Å²) in [5.41, 5.74) is 5.50. The highest BCUT2D eigenvalue weighted by molar-refractivity contribution is 7.92. The average molecular weight is 620 g/mol. The van der Waals surface area contributed by atoms with Crippen LogP contribution >= 0.6 is 11.3 Å². The van der Waals surface area contributed by atoms with E-state index in [1.54, 1.807) is 35.6 Å². The molecular formula is C36H33N3O3S2. The normalized spacial score (nSPS) is 12.3. The molecule has 3 N–H and O–H groups in total. The lowest BCUT2D eigenvalue weighted by Gasteiger charge is -2.12. The molecule has 0 amide bonds. The van der Waals surface area contributed by atoms with Crippen molar-refractivity contribution in [2.75, 3.05) is 17.8 Å². The lowest BCUT2D eigenvalue weighted by atomic mass is 10.1. The Morgan fingerprint density at radius 1 is 0.773 bits per heavy atom. The molecule has 6 nitrogen and oxygen atoms in total. The van der Waals surface area contributed by atoms with Crippen LogP contribution in [-0.2, 0) is 22.9 Å². The second-order valence-corrected chi connectivity index (χ2v) is 13.3. The fraction of sp³-hybridized carbons (Fsp3) is 0.139. The van der Waals surface area contributed by atoms with Crippen LogP contribution < -0.4 is 10.0 Å². The van der Waals surface area contributed by atoms with Gasteiger partial charge < -0.3 is 10.4 Å². The molecule has 0 bridgehead atoms. The Morgan fingerprint density at radius 3 is 2.25 bits per heavy atom. The Balaban J connectivity index is 1.01. The van der Waals surface area contributed by atoms with Crippen LogP contribution in [0.3, 0.4) is 0 Å². The van der Waals surface area contributed by atoms with Gasteiger partial charge in [-0.25, -0.2) is 13.4 Å². The number of hydrogen-bond donors (Lipinski definition) is 3. The van der Waals surface area contributed by atoms with Gasteiger partial charge in [0.25, 0.3) is 10.0 Å². The second kappa shape index (κ2) is 13.5. The fourth-order valence-corrected chi connectivity index (χ4v) is 6.95. The zero-order chi connectivity index (χ0) is 30.4. The summed E-state index contributed by atoms with van der Waals surface area (Å²) >= 11 is 1.61. The summed E-state index contributed by atoms with van der Waals surface area (Å²) in [5, 5.41) is 19.0. The highest BCUT2D eigenvalue weighted by Crippen LogP contribution is 2.27. The molecule has 222 valence electrons. The van der Waals surface area contributed by atoms with Gasteiger partial charge in [-0.2, -0.15) is 0 Å². The SMILES string of the molecule is O=S(=O)(Nc1ccc(CCNC[C@H](O)c2ccccc2)cc1)c1ccc(Cc2nc(-c3ccc4ccccc4c3)cs2)cc1. The van der Waals surface area contributed by atoms with Gasteiger partial charge in [-0.1, -0.05) is 91.0 Å². The summed E-state index contributed by atoms with van der Waals surface area (Å²) < 4.78 is 28.8. The number of benzene rings is 5. The Labute approximate surface area is 262 Å². The van der Waals surface area contributed by atoms with Crippen LogP contribution in [0.25, 0.3) is 22.0 Å². The summed E-state index contributed by atoms with van der Waals surface area (Å²) in [5.74, 6) is 0. The molecule has 0 aliphatic heterocycles. The van der Waals surface area contributed by atoms with Gasteiger partial charge in [-0.05, 0) is 70.8 Å². The van der Waals surface area contributed by atoms with Gasteiger partial charge in [-0.15, -0.1) is 11.3 Å². The first kappa shape index (κ1) is 29.7. The smallest absolute Gasteiger partial charge is 0.261 e. The molecule has 1 aromatic heterocycles. The highest BCUT2D eigenvalue weighted by Gasteiger charge is 2.15. The molecule has 5 aromatic carbocycles. The maximum atomic E-state index is 13.0. The molecule has 8 heteroatoms. The standard InChI is InChI=1S/C36H33N3O3S2/c40-35(29-7-2-1-3-8-29)24-37-21-20-26-10-16-32(17-11-26)39-44(41,42)33-18-12-27(13-19-33)22-36-38-34(25-43-36)31-15-14-28-6-4-5-9-30(28)23-31/h1-19,23,25,35,37,39-40H,20-22,24H2/t35-/m0/s1. The number of aliphatic hydroxyl groups excluding tert-OH is 1. The molecule has 0 spiro atoms. The first-order chi connectivity index (χ1) is 21.4. The number of nitrogens with one attached hydrogen (secondary N) is 2. The summed E-state index contributed by atoms with van der Waals surface area (Å²) in [7, 11) is -3.73. The predicted molar refractivity (Wildman–Crippen MR) is 180 cm³/mol. The van der Waals surface area contributed by atoms with Crippen LogP contribution in [0, 0.1) is 0 Å². The molecule has 0 saturated carbocycles. The molecule has 0 aliphatic carbocycles. The largest absolute Gasteiger partial charge is 0.387 e. The first-order valence-electron chi connectivity index (χ1n) is 14.5. The quantitative estimate of drug-likeness (QED) is 0.126. The van der Waals surface area contributed by atoms with Gasteiger partial charge in [0.2, 0.25) is 0 Å². The molecule has 44 heavy (non-hydrogen) atoms. The zero-order valence-corrected chi connectivity index (χ0v) is 25.7. The minimum absolute atomic E-state index is 0.211. The van der Waals surface area contributed by atoms with Crippen molar-refractivity contribution in [1.82, 2.24) is 10.3 Å². The van der Waals surface area contributed by atoms with Gasteiger partial charge in [0.1, 0.15) is 0 Å². The van der Waals surface area contributed by atoms with Gasteiger partial charge >= 0.3 is 0 Å².